The number of aryl methyl sites for hydroxylation is 2. The van der Waals surface area contributed by atoms with Gasteiger partial charge in [-0.3, -0.25) is 14.3 Å². The Bertz CT molecular complexity index is 793. The first-order chi connectivity index (χ1) is 13.0. The molecule has 8 nitrogen and oxygen atoms in total. The van der Waals surface area contributed by atoms with Gasteiger partial charge in [-0.05, 0) is 38.4 Å². The molecular formula is C19H26N6O2. The Balaban J connectivity index is 1.55. The number of carbonyl (C=O) groups is 2. The molecule has 0 aromatic carbocycles. The molecule has 144 valence electrons. The summed E-state index contributed by atoms with van der Waals surface area (Å²) in [7, 11) is 3.60. The second-order valence-corrected chi connectivity index (χ2v) is 6.98. The van der Waals surface area contributed by atoms with Gasteiger partial charge in [-0.1, -0.05) is 6.07 Å². The molecule has 1 atom stereocenters. The monoisotopic (exact) mass is 370 g/mol. The van der Waals surface area contributed by atoms with Crippen LogP contribution in [0.1, 0.15) is 30.0 Å². The molecule has 1 aliphatic rings. The van der Waals surface area contributed by atoms with Crippen molar-refractivity contribution in [2.45, 2.75) is 25.8 Å². The summed E-state index contributed by atoms with van der Waals surface area (Å²) in [6, 6.07) is 3.30. The summed E-state index contributed by atoms with van der Waals surface area (Å²) in [6.07, 6.45) is 6.56. The molecule has 3 rings (SSSR count). The first kappa shape index (κ1) is 19.0. The molecule has 27 heavy (non-hydrogen) atoms. The van der Waals surface area contributed by atoms with Gasteiger partial charge in [0.25, 0.3) is 0 Å². The highest BCUT2D eigenvalue weighted by Crippen LogP contribution is 2.22. The number of likely N-dealkylation sites (tertiary alicyclic amines) is 1. The van der Waals surface area contributed by atoms with Crippen LogP contribution < -0.4 is 10.6 Å². The number of carbonyl (C=O) groups excluding carboxylic acids is 2. The molecule has 0 bridgehead atoms. The Kier molecular flexibility index (Phi) is 5.85. The van der Waals surface area contributed by atoms with Gasteiger partial charge in [-0.15, -0.1) is 0 Å². The molecule has 0 radical (unpaired) electrons. The maximum atomic E-state index is 12.9. The number of anilines is 1. The molecule has 0 spiro atoms. The lowest BCUT2D eigenvalue weighted by molar-refractivity contribution is -0.136. The van der Waals surface area contributed by atoms with Crippen molar-refractivity contribution < 1.29 is 9.59 Å². The van der Waals surface area contributed by atoms with Gasteiger partial charge < -0.3 is 15.5 Å². The van der Waals surface area contributed by atoms with Crippen LogP contribution in [0.5, 0.6) is 0 Å². The number of pyridine rings is 1. The van der Waals surface area contributed by atoms with Crippen molar-refractivity contribution in [2.75, 3.05) is 25.5 Å². The lowest BCUT2D eigenvalue weighted by Gasteiger charge is -2.33. The van der Waals surface area contributed by atoms with Crippen molar-refractivity contribution in [1.82, 2.24) is 25.0 Å². The molecule has 2 amide bonds. The molecule has 1 unspecified atom stereocenters. The van der Waals surface area contributed by atoms with Crippen LogP contribution in [-0.4, -0.2) is 51.6 Å². The molecule has 1 saturated heterocycles. The number of hydrogen-bond acceptors (Lipinski definition) is 5. The van der Waals surface area contributed by atoms with E-state index in [9.17, 15) is 9.59 Å². The normalized spacial score (nSPS) is 16.2. The van der Waals surface area contributed by atoms with Gasteiger partial charge in [0.15, 0.2) is 0 Å². The van der Waals surface area contributed by atoms with Crippen molar-refractivity contribution in [3.8, 4) is 0 Å². The van der Waals surface area contributed by atoms with Crippen LogP contribution in [0.2, 0.25) is 0 Å². The molecule has 0 saturated carbocycles. The Hall–Kier alpha value is -2.74. The Morgan fingerprint density at radius 2 is 1.96 bits per heavy atom. The van der Waals surface area contributed by atoms with E-state index < -0.39 is 6.04 Å². The van der Waals surface area contributed by atoms with Gasteiger partial charge in [0.1, 0.15) is 11.9 Å². The van der Waals surface area contributed by atoms with Crippen molar-refractivity contribution in [1.29, 1.82) is 0 Å². The van der Waals surface area contributed by atoms with Crippen molar-refractivity contribution in [3.63, 3.8) is 0 Å². The van der Waals surface area contributed by atoms with E-state index in [-0.39, 0.29) is 17.7 Å². The van der Waals surface area contributed by atoms with E-state index in [0.717, 1.165) is 11.1 Å². The zero-order chi connectivity index (χ0) is 19.4. The minimum atomic E-state index is -0.416. The number of piperidine rings is 1. The minimum absolute atomic E-state index is 0.0181. The van der Waals surface area contributed by atoms with E-state index in [0.29, 0.717) is 31.7 Å². The number of likely N-dealkylation sites (N-methyl/N-ethyl adjacent to an activating group) is 1. The summed E-state index contributed by atoms with van der Waals surface area (Å²) in [4.78, 5) is 31.4. The van der Waals surface area contributed by atoms with E-state index in [1.165, 1.54) is 0 Å². The van der Waals surface area contributed by atoms with E-state index in [1.807, 2.05) is 31.1 Å². The summed E-state index contributed by atoms with van der Waals surface area (Å²) in [5.74, 6) is 0.444. The molecule has 2 N–H and O–H groups in total. The lowest BCUT2D eigenvalue weighted by Crippen LogP contribution is -2.45. The smallest absolute Gasteiger partial charge is 0.244 e. The number of hydrogen-bond donors (Lipinski definition) is 2. The average Bonchev–Trinajstić information content (AvgIpc) is 3.10. The van der Waals surface area contributed by atoms with Crippen LogP contribution in [0.15, 0.2) is 30.7 Å². The lowest BCUT2D eigenvalue weighted by atomic mass is 9.95. The second kappa shape index (κ2) is 8.30. The standard InChI is InChI=1S/C19H26N6O2/c1-13-4-5-16(21-10-13)23-18(26)14-6-8-25(9-7-14)19(27)17(20-2)15-11-22-24(3)12-15/h4-5,10-12,14,17,20H,6-9H2,1-3H3,(H,21,23,26). The van der Waals surface area contributed by atoms with E-state index in [1.54, 1.807) is 30.2 Å². The van der Waals surface area contributed by atoms with E-state index in [4.69, 9.17) is 0 Å². The fourth-order valence-electron chi connectivity index (χ4n) is 3.34. The molecule has 1 fully saturated rings. The SMILES string of the molecule is CNC(C(=O)N1CCC(C(=O)Nc2ccc(C)cn2)CC1)c1cnn(C)c1. The fraction of sp³-hybridized carbons (Fsp3) is 0.474. The van der Waals surface area contributed by atoms with Crippen molar-refractivity contribution in [3.05, 3.63) is 41.9 Å². The number of aromatic nitrogens is 3. The summed E-state index contributed by atoms with van der Waals surface area (Å²) < 4.78 is 1.68. The van der Waals surface area contributed by atoms with Crippen molar-refractivity contribution >= 4 is 17.6 Å². The molecule has 8 heteroatoms. The van der Waals surface area contributed by atoms with E-state index in [2.05, 4.69) is 20.7 Å². The Morgan fingerprint density at radius 3 is 2.52 bits per heavy atom. The molecule has 0 aliphatic carbocycles. The zero-order valence-corrected chi connectivity index (χ0v) is 16.0. The number of nitrogens with zero attached hydrogens (tertiary/aromatic N) is 4. The van der Waals surface area contributed by atoms with Gasteiger partial charge in [0.05, 0.1) is 6.20 Å². The predicted octanol–water partition coefficient (Wildman–Crippen LogP) is 1.26. The fourth-order valence-corrected chi connectivity index (χ4v) is 3.34. The van der Waals surface area contributed by atoms with Crippen LogP contribution in [0.3, 0.4) is 0 Å². The third kappa shape index (κ3) is 4.51. The predicted molar refractivity (Wildman–Crippen MR) is 102 cm³/mol. The number of rotatable bonds is 5. The Labute approximate surface area is 159 Å². The number of nitrogens with one attached hydrogen (secondary N) is 2. The highest BCUT2D eigenvalue weighted by Gasteiger charge is 2.31. The van der Waals surface area contributed by atoms with Gasteiger partial charge in [0, 0.05) is 44.0 Å². The van der Waals surface area contributed by atoms with E-state index >= 15 is 0 Å². The largest absolute Gasteiger partial charge is 0.341 e. The van der Waals surface area contributed by atoms with Crippen LogP contribution >= 0.6 is 0 Å². The minimum Gasteiger partial charge on any atom is -0.341 e. The summed E-state index contributed by atoms with van der Waals surface area (Å²) in [6.45, 7) is 3.09. The summed E-state index contributed by atoms with van der Waals surface area (Å²) in [5, 5.41) is 10.1. The van der Waals surface area contributed by atoms with Crippen LogP contribution in [-0.2, 0) is 16.6 Å². The second-order valence-electron chi connectivity index (χ2n) is 6.98. The van der Waals surface area contributed by atoms with Gasteiger partial charge in [-0.25, -0.2) is 4.98 Å². The third-order valence-electron chi connectivity index (χ3n) is 4.93. The van der Waals surface area contributed by atoms with Crippen LogP contribution in [0, 0.1) is 12.8 Å². The molecule has 2 aromatic heterocycles. The maximum Gasteiger partial charge on any atom is 0.244 e. The maximum absolute atomic E-state index is 12.9. The average molecular weight is 370 g/mol. The van der Waals surface area contributed by atoms with Crippen LogP contribution in [0.4, 0.5) is 5.82 Å². The van der Waals surface area contributed by atoms with Gasteiger partial charge in [0.2, 0.25) is 11.8 Å². The molecule has 1 aliphatic heterocycles. The zero-order valence-electron chi connectivity index (χ0n) is 16.0. The third-order valence-corrected chi connectivity index (χ3v) is 4.93. The van der Waals surface area contributed by atoms with Gasteiger partial charge in [-0.2, -0.15) is 5.10 Å². The van der Waals surface area contributed by atoms with Crippen LogP contribution in [0.25, 0.3) is 0 Å². The quantitative estimate of drug-likeness (QED) is 0.827. The Morgan fingerprint density at radius 1 is 1.22 bits per heavy atom. The highest BCUT2D eigenvalue weighted by molar-refractivity contribution is 5.92. The molecule has 3 heterocycles. The topological polar surface area (TPSA) is 92.2 Å². The number of amides is 2. The molecule has 2 aromatic rings. The highest BCUT2D eigenvalue weighted by atomic mass is 16.2. The van der Waals surface area contributed by atoms with Gasteiger partial charge >= 0.3 is 0 Å². The first-order valence-corrected chi connectivity index (χ1v) is 9.16. The first-order valence-electron chi connectivity index (χ1n) is 9.16. The summed E-state index contributed by atoms with van der Waals surface area (Å²) in [5.41, 5.74) is 1.89. The summed E-state index contributed by atoms with van der Waals surface area (Å²) >= 11 is 0. The molecular weight excluding hydrogens is 344 g/mol. The van der Waals surface area contributed by atoms with Crippen molar-refractivity contribution in [2.24, 2.45) is 13.0 Å².